The topological polar surface area (TPSA) is 82.3 Å². The summed E-state index contributed by atoms with van der Waals surface area (Å²) in [7, 11) is 1.32. The molecule has 0 aliphatic carbocycles. The van der Waals surface area contributed by atoms with E-state index in [-0.39, 0.29) is 0 Å². The van der Waals surface area contributed by atoms with E-state index in [2.05, 4.69) is 20.1 Å². The van der Waals surface area contributed by atoms with E-state index in [0.717, 1.165) is 5.56 Å². The van der Waals surface area contributed by atoms with Gasteiger partial charge in [-0.1, -0.05) is 0 Å². The number of hydrogen-bond acceptors (Lipinski definition) is 6. The second kappa shape index (κ2) is 4.69. The fraction of sp³-hybridized carbons (Fsp3) is 0.154. The molecule has 3 aromatic heterocycles. The van der Waals surface area contributed by atoms with E-state index in [4.69, 9.17) is 4.74 Å². The molecule has 7 nitrogen and oxygen atoms in total. The van der Waals surface area contributed by atoms with Gasteiger partial charge in [-0.25, -0.2) is 9.78 Å². The minimum Gasteiger partial charge on any atom is -0.464 e. The van der Waals surface area contributed by atoms with Crippen LogP contribution in [0.25, 0.3) is 17.2 Å². The molecule has 0 fully saturated rings. The van der Waals surface area contributed by atoms with E-state index in [1.165, 1.54) is 11.6 Å². The Morgan fingerprint density at radius 2 is 2.00 bits per heavy atom. The second-order valence-corrected chi connectivity index (χ2v) is 4.16. The van der Waals surface area contributed by atoms with Crippen molar-refractivity contribution in [2.24, 2.45) is 0 Å². The van der Waals surface area contributed by atoms with Crippen LogP contribution in [0.1, 0.15) is 16.2 Å². The van der Waals surface area contributed by atoms with Crippen molar-refractivity contribution in [2.45, 2.75) is 6.92 Å². The first-order chi connectivity index (χ1) is 9.69. The number of esters is 1. The Morgan fingerprint density at radius 1 is 1.25 bits per heavy atom. The zero-order valence-corrected chi connectivity index (χ0v) is 10.9. The van der Waals surface area contributed by atoms with E-state index >= 15 is 0 Å². The molecule has 3 aromatic rings. The third-order valence-electron chi connectivity index (χ3n) is 2.77. The summed E-state index contributed by atoms with van der Waals surface area (Å²) in [5, 5.41) is 4.31. The predicted octanol–water partition coefficient (Wildman–Crippen LogP) is 1.28. The van der Waals surface area contributed by atoms with Gasteiger partial charge in [-0.15, -0.1) is 5.10 Å². The fourth-order valence-corrected chi connectivity index (χ4v) is 1.86. The zero-order chi connectivity index (χ0) is 14.1. The number of nitrogens with zero attached hydrogens (tertiary/aromatic N) is 5. The molecule has 100 valence electrons. The molecule has 0 N–H and O–H groups in total. The SMILES string of the molecule is COC(=O)c1cc(C)nc2nc(-c3ccncc3)nn12. The summed E-state index contributed by atoms with van der Waals surface area (Å²) in [6, 6.07) is 5.20. The highest BCUT2D eigenvalue weighted by Crippen LogP contribution is 2.16. The van der Waals surface area contributed by atoms with Gasteiger partial charge in [-0.3, -0.25) is 4.98 Å². The van der Waals surface area contributed by atoms with E-state index in [1.54, 1.807) is 37.5 Å². The second-order valence-electron chi connectivity index (χ2n) is 4.16. The highest BCUT2D eigenvalue weighted by atomic mass is 16.5. The van der Waals surface area contributed by atoms with Crippen LogP contribution in [0.15, 0.2) is 30.6 Å². The van der Waals surface area contributed by atoms with Crippen LogP contribution >= 0.6 is 0 Å². The van der Waals surface area contributed by atoms with Gasteiger partial charge in [-0.2, -0.15) is 9.50 Å². The van der Waals surface area contributed by atoms with Crippen molar-refractivity contribution in [2.75, 3.05) is 7.11 Å². The van der Waals surface area contributed by atoms with Gasteiger partial charge in [0.15, 0.2) is 11.5 Å². The minimum atomic E-state index is -0.480. The third kappa shape index (κ3) is 1.99. The lowest BCUT2D eigenvalue weighted by Gasteiger charge is -2.02. The average molecular weight is 269 g/mol. The Hall–Kier alpha value is -2.83. The molecule has 0 unspecified atom stereocenters. The smallest absolute Gasteiger partial charge is 0.356 e. The molecule has 0 amide bonds. The average Bonchev–Trinajstić information content (AvgIpc) is 2.90. The summed E-state index contributed by atoms with van der Waals surface area (Å²) in [5.74, 6) is 0.361. The molecule has 3 rings (SSSR count). The number of carbonyl (C=O) groups excluding carboxylic acids is 1. The first kappa shape index (κ1) is 12.2. The maximum atomic E-state index is 11.8. The lowest BCUT2D eigenvalue weighted by molar-refractivity contribution is 0.0590. The van der Waals surface area contributed by atoms with Crippen LogP contribution in [0.3, 0.4) is 0 Å². The Kier molecular flexibility index (Phi) is 2.86. The van der Waals surface area contributed by atoms with Crippen molar-refractivity contribution in [1.29, 1.82) is 0 Å². The molecule has 0 saturated carbocycles. The van der Waals surface area contributed by atoms with Crippen molar-refractivity contribution in [1.82, 2.24) is 24.6 Å². The molecule has 0 atom stereocenters. The van der Waals surface area contributed by atoms with Gasteiger partial charge in [0, 0.05) is 23.7 Å². The highest BCUT2D eigenvalue weighted by Gasteiger charge is 2.16. The predicted molar refractivity (Wildman–Crippen MR) is 70.1 cm³/mol. The van der Waals surface area contributed by atoms with Crippen LogP contribution in [0.2, 0.25) is 0 Å². The van der Waals surface area contributed by atoms with Crippen molar-refractivity contribution in [3.63, 3.8) is 0 Å². The van der Waals surface area contributed by atoms with Gasteiger partial charge in [0.1, 0.15) is 0 Å². The summed E-state index contributed by atoms with van der Waals surface area (Å²) in [5.41, 5.74) is 1.77. The zero-order valence-electron chi connectivity index (χ0n) is 10.9. The van der Waals surface area contributed by atoms with E-state index in [9.17, 15) is 4.79 Å². The van der Waals surface area contributed by atoms with Crippen molar-refractivity contribution < 1.29 is 9.53 Å². The minimum absolute atomic E-state index is 0.294. The lowest BCUT2D eigenvalue weighted by Crippen LogP contribution is -2.10. The fourth-order valence-electron chi connectivity index (χ4n) is 1.86. The molecule has 0 aromatic carbocycles. The van der Waals surface area contributed by atoms with Gasteiger partial charge in [-0.05, 0) is 25.1 Å². The summed E-state index contributed by atoms with van der Waals surface area (Å²) >= 11 is 0. The summed E-state index contributed by atoms with van der Waals surface area (Å²) < 4.78 is 6.13. The van der Waals surface area contributed by atoms with Crippen LogP contribution in [0.4, 0.5) is 0 Å². The first-order valence-electron chi connectivity index (χ1n) is 5.92. The van der Waals surface area contributed by atoms with Crippen molar-refractivity contribution in [3.05, 3.63) is 42.0 Å². The van der Waals surface area contributed by atoms with Crippen LogP contribution < -0.4 is 0 Å². The normalized spacial score (nSPS) is 10.7. The van der Waals surface area contributed by atoms with Crippen LogP contribution in [-0.2, 0) is 4.74 Å². The summed E-state index contributed by atoms with van der Waals surface area (Å²) in [6.45, 7) is 1.78. The number of hydrogen-bond donors (Lipinski definition) is 0. The molecule has 7 heteroatoms. The number of methoxy groups -OCH3 is 1. The quantitative estimate of drug-likeness (QED) is 0.652. The maximum Gasteiger partial charge on any atom is 0.356 e. The number of ether oxygens (including phenoxy) is 1. The highest BCUT2D eigenvalue weighted by molar-refractivity contribution is 5.88. The Labute approximate surface area is 114 Å². The van der Waals surface area contributed by atoms with Gasteiger partial charge >= 0.3 is 5.97 Å². The number of fused-ring (bicyclic) bond motifs is 1. The number of aryl methyl sites for hydroxylation is 1. The monoisotopic (exact) mass is 269 g/mol. The molecule has 0 aliphatic rings. The van der Waals surface area contributed by atoms with Crippen LogP contribution in [-0.4, -0.2) is 37.6 Å². The molecule has 0 bridgehead atoms. The third-order valence-corrected chi connectivity index (χ3v) is 2.77. The molecule has 0 spiro atoms. The number of aromatic nitrogens is 5. The van der Waals surface area contributed by atoms with Gasteiger partial charge < -0.3 is 4.74 Å². The van der Waals surface area contributed by atoms with Crippen LogP contribution in [0, 0.1) is 6.92 Å². The van der Waals surface area contributed by atoms with Crippen molar-refractivity contribution in [3.8, 4) is 11.4 Å². The number of carbonyl (C=O) groups is 1. The Morgan fingerprint density at radius 3 is 2.70 bits per heavy atom. The van der Waals surface area contributed by atoms with Crippen molar-refractivity contribution >= 4 is 11.7 Å². The van der Waals surface area contributed by atoms with Crippen LogP contribution in [0.5, 0.6) is 0 Å². The number of pyridine rings is 1. The molecule has 0 radical (unpaired) electrons. The van der Waals surface area contributed by atoms with E-state index < -0.39 is 5.97 Å². The Bertz CT molecular complexity index is 782. The van der Waals surface area contributed by atoms with E-state index in [0.29, 0.717) is 23.0 Å². The molecular weight excluding hydrogens is 258 g/mol. The van der Waals surface area contributed by atoms with Gasteiger partial charge in [0.05, 0.1) is 7.11 Å². The summed E-state index contributed by atoms with van der Waals surface area (Å²) in [4.78, 5) is 24.3. The molecule has 0 aliphatic heterocycles. The van der Waals surface area contributed by atoms with Gasteiger partial charge in [0.2, 0.25) is 0 Å². The van der Waals surface area contributed by atoms with E-state index in [1.807, 2.05) is 0 Å². The molecule has 20 heavy (non-hydrogen) atoms. The molecule has 0 saturated heterocycles. The largest absolute Gasteiger partial charge is 0.464 e. The lowest BCUT2D eigenvalue weighted by atomic mass is 10.3. The number of rotatable bonds is 2. The first-order valence-corrected chi connectivity index (χ1v) is 5.92. The maximum absolute atomic E-state index is 11.8. The summed E-state index contributed by atoms with van der Waals surface area (Å²) in [6.07, 6.45) is 3.31. The molecular formula is C13H11N5O2. The van der Waals surface area contributed by atoms with Gasteiger partial charge in [0.25, 0.3) is 5.78 Å². The molecule has 3 heterocycles. The Balaban J connectivity index is 2.23. The standard InChI is InChI=1S/C13H11N5O2/c1-8-7-10(12(19)20-2)18-13(15-8)16-11(17-18)9-3-5-14-6-4-9/h3-7H,1-2H3.